The molecular formula is C19H21N5OS. The van der Waals surface area contributed by atoms with Gasteiger partial charge in [0.2, 0.25) is 0 Å². The number of hydrogen-bond acceptors (Lipinski definition) is 5. The van der Waals surface area contributed by atoms with E-state index in [-0.39, 0.29) is 11.3 Å². The number of imidazole rings is 1. The van der Waals surface area contributed by atoms with E-state index >= 15 is 0 Å². The monoisotopic (exact) mass is 367 g/mol. The number of rotatable bonds is 1. The lowest BCUT2D eigenvalue weighted by Crippen LogP contribution is -2.48. The highest BCUT2D eigenvalue weighted by atomic mass is 32.1. The van der Waals surface area contributed by atoms with Crippen LogP contribution in [0.5, 0.6) is 0 Å². The molecular weight excluding hydrogens is 346 g/mol. The van der Waals surface area contributed by atoms with E-state index in [0.717, 1.165) is 55.3 Å². The van der Waals surface area contributed by atoms with Crippen molar-refractivity contribution in [2.45, 2.75) is 44.9 Å². The van der Waals surface area contributed by atoms with Gasteiger partial charge in [0, 0.05) is 36.3 Å². The molecule has 1 amide bonds. The van der Waals surface area contributed by atoms with Gasteiger partial charge in [0.15, 0.2) is 4.96 Å². The highest BCUT2D eigenvalue weighted by Gasteiger charge is 2.45. The molecule has 2 aliphatic rings. The Morgan fingerprint density at radius 3 is 3.04 bits per heavy atom. The summed E-state index contributed by atoms with van der Waals surface area (Å²) < 4.78 is 1.93. The van der Waals surface area contributed by atoms with Gasteiger partial charge in [-0.25, -0.2) is 15.0 Å². The first kappa shape index (κ1) is 15.9. The summed E-state index contributed by atoms with van der Waals surface area (Å²) in [7, 11) is 0. The molecule has 6 nitrogen and oxygen atoms in total. The Morgan fingerprint density at radius 2 is 2.15 bits per heavy atom. The van der Waals surface area contributed by atoms with Gasteiger partial charge in [-0.2, -0.15) is 0 Å². The van der Waals surface area contributed by atoms with Crippen LogP contribution in [0.1, 0.15) is 52.5 Å². The molecule has 1 fully saturated rings. The van der Waals surface area contributed by atoms with E-state index in [4.69, 9.17) is 4.98 Å². The number of amides is 1. The maximum Gasteiger partial charge on any atom is 0.272 e. The van der Waals surface area contributed by atoms with Crippen LogP contribution in [0.15, 0.2) is 17.8 Å². The van der Waals surface area contributed by atoms with Crippen LogP contribution < -0.4 is 0 Å². The third kappa shape index (κ3) is 2.23. The Labute approximate surface area is 155 Å². The fourth-order valence-corrected chi connectivity index (χ4v) is 5.39. The van der Waals surface area contributed by atoms with E-state index in [1.165, 1.54) is 11.3 Å². The van der Waals surface area contributed by atoms with Crippen LogP contribution in [0.2, 0.25) is 0 Å². The van der Waals surface area contributed by atoms with Crippen LogP contribution in [-0.2, 0) is 11.8 Å². The number of likely N-dealkylation sites (tertiary alicyclic amines) is 1. The van der Waals surface area contributed by atoms with Crippen molar-refractivity contribution in [2.24, 2.45) is 0 Å². The number of nitrogens with zero attached hydrogens (tertiary/aromatic N) is 5. The Hall–Kier alpha value is -2.28. The van der Waals surface area contributed by atoms with E-state index in [0.29, 0.717) is 5.69 Å². The molecule has 4 heterocycles. The van der Waals surface area contributed by atoms with Crippen LogP contribution in [0.3, 0.4) is 0 Å². The van der Waals surface area contributed by atoms with Crippen molar-refractivity contribution in [3.63, 3.8) is 0 Å². The number of aryl methyl sites for hydroxylation is 3. The number of piperidine rings is 1. The molecule has 1 saturated heterocycles. The minimum absolute atomic E-state index is 0.0106. The summed E-state index contributed by atoms with van der Waals surface area (Å²) in [5, 5.41) is 1.98. The molecule has 3 aromatic heterocycles. The minimum Gasteiger partial charge on any atom is -0.336 e. The highest BCUT2D eigenvalue weighted by molar-refractivity contribution is 7.15. The Kier molecular flexibility index (Phi) is 3.44. The first-order valence-corrected chi connectivity index (χ1v) is 10.00. The van der Waals surface area contributed by atoms with Crippen LogP contribution in [0, 0.1) is 13.8 Å². The molecule has 0 radical (unpaired) electrons. The van der Waals surface area contributed by atoms with Crippen molar-refractivity contribution in [1.82, 2.24) is 24.3 Å². The molecule has 5 rings (SSSR count). The van der Waals surface area contributed by atoms with Gasteiger partial charge in [0.05, 0.1) is 11.4 Å². The van der Waals surface area contributed by atoms with Crippen molar-refractivity contribution in [2.75, 3.05) is 13.1 Å². The molecule has 134 valence electrons. The van der Waals surface area contributed by atoms with Gasteiger partial charge < -0.3 is 4.90 Å². The molecule has 1 aliphatic carbocycles. The average Bonchev–Trinajstić information content (AvgIpc) is 3.29. The molecule has 26 heavy (non-hydrogen) atoms. The van der Waals surface area contributed by atoms with E-state index in [1.54, 1.807) is 11.3 Å². The van der Waals surface area contributed by atoms with Gasteiger partial charge in [-0.15, -0.1) is 11.3 Å². The smallest absolute Gasteiger partial charge is 0.272 e. The second-order valence-electron chi connectivity index (χ2n) is 7.50. The maximum atomic E-state index is 13.3. The van der Waals surface area contributed by atoms with E-state index in [9.17, 15) is 4.79 Å². The summed E-state index contributed by atoms with van der Waals surface area (Å²) in [5.74, 6) is 0.909. The van der Waals surface area contributed by atoms with Gasteiger partial charge in [0.1, 0.15) is 11.5 Å². The number of carbonyl (C=O) groups excluding carboxylic acids is 1. The van der Waals surface area contributed by atoms with Crippen LogP contribution in [-0.4, -0.2) is 43.2 Å². The standard InChI is InChI=1S/C19H21N5OS/c1-12-15(24-8-9-26-18(24)21-12)17(25)23-7-3-5-19(11-23)6-4-14-10-20-13(2)22-16(14)19/h8-10H,3-7,11H2,1-2H3. The molecule has 7 heteroatoms. The predicted molar refractivity (Wildman–Crippen MR) is 99.7 cm³/mol. The lowest BCUT2D eigenvalue weighted by atomic mass is 9.77. The summed E-state index contributed by atoms with van der Waals surface area (Å²) in [6.07, 6.45) is 8.09. The Bertz CT molecular complexity index is 1020. The topological polar surface area (TPSA) is 63.4 Å². The van der Waals surface area contributed by atoms with Gasteiger partial charge >= 0.3 is 0 Å². The number of hydrogen-bond donors (Lipinski definition) is 0. The molecule has 1 unspecified atom stereocenters. The molecule has 0 saturated carbocycles. The fraction of sp³-hybridized carbons (Fsp3) is 0.474. The minimum atomic E-state index is -0.0106. The lowest BCUT2D eigenvalue weighted by molar-refractivity contribution is 0.0625. The van der Waals surface area contributed by atoms with E-state index in [2.05, 4.69) is 9.97 Å². The first-order chi connectivity index (χ1) is 12.6. The molecule has 3 aromatic rings. The second kappa shape index (κ2) is 5.61. The Balaban J connectivity index is 1.51. The third-order valence-corrected chi connectivity index (χ3v) is 6.62. The van der Waals surface area contributed by atoms with Gasteiger partial charge in [-0.3, -0.25) is 9.20 Å². The summed E-state index contributed by atoms with van der Waals surface area (Å²) in [4.78, 5) is 29.9. The van der Waals surface area contributed by atoms with E-state index in [1.807, 2.05) is 40.9 Å². The third-order valence-electron chi connectivity index (χ3n) is 5.86. The van der Waals surface area contributed by atoms with Crippen molar-refractivity contribution in [3.8, 4) is 0 Å². The number of thiazole rings is 1. The predicted octanol–water partition coefficient (Wildman–Crippen LogP) is 2.92. The zero-order chi connectivity index (χ0) is 17.9. The summed E-state index contributed by atoms with van der Waals surface area (Å²) >= 11 is 1.56. The van der Waals surface area contributed by atoms with Crippen LogP contribution >= 0.6 is 11.3 Å². The highest BCUT2D eigenvalue weighted by Crippen LogP contribution is 2.44. The summed E-state index contributed by atoms with van der Waals surface area (Å²) in [6, 6.07) is 0. The van der Waals surface area contributed by atoms with Crippen molar-refractivity contribution in [1.29, 1.82) is 0 Å². The average molecular weight is 367 g/mol. The van der Waals surface area contributed by atoms with Crippen molar-refractivity contribution in [3.05, 3.63) is 46.2 Å². The number of aromatic nitrogens is 4. The molecule has 0 aromatic carbocycles. The van der Waals surface area contributed by atoms with Gasteiger partial charge in [0.25, 0.3) is 5.91 Å². The lowest BCUT2D eigenvalue weighted by Gasteiger charge is -2.40. The molecule has 1 atom stereocenters. The maximum absolute atomic E-state index is 13.3. The summed E-state index contributed by atoms with van der Waals surface area (Å²) in [6.45, 7) is 5.41. The van der Waals surface area contributed by atoms with Gasteiger partial charge in [-0.1, -0.05) is 0 Å². The fourth-order valence-electron chi connectivity index (χ4n) is 4.63. The zero-order valence-electron chi connectivity index (χ0n) is 15.0. The molecule has 1 spiro atoms. The van der Waals surface area contributed by atoms with Crippen LogP contribution in [0.4, 0.5) is 0 Å². The van der Waals surface area contributed by atoms with Gasteiger partial charge in [-0.05, 0) is 45.1 Å². The number of fused-ring (bicyclic) bond motifs is 3. The molecule has 1 aliphatic heterocycles. The first-order valence-electron chi connectivity index (χ1n) is 9.12. The van der Waals surface area contributed by atoms with Crippen molar-refractivity contribution < 1.29 is 4.79 Å². The SMILES string of the molecule is Cc1ncc2c(n1)C1(CCCN(C(=O)c3c(C)nc4sccn34)C1)CC2. The van der Waals surface area contributed by atoms with Crippen molar-refractivity contribution >= 4 is 22.2 Å². The molecule has 0 N–H and O–H groups in total. The Morgan fingerprint density at radius 1 is 1.27 bits per heavy atom. The van der Waals surface area contributed by atoms with E-state index < -0.39 is 0 Å². The molecule has 0 bridgehead atoms. The number of carbonyl (C=O) groups is 1. The van der Waals surface area contributed by atoms with Crippen LogP contribution in [0.25, 0.3) is 4.96 Å². The normalized spacial score (nSPS) is 22.3. The summed E-state index contributed by atoms with van der Waals surface area (Å²) in [5.41, 5.74) is 3.93. The largest absolute Gasteiger partial charge is 0.336 e. The second-order valence-corrected chi connectivity index (χ2v) is 8.38. The zero-order valence-corrected chi connectivity index (χ0v) is 15.8. The quantitative estimate of drug-likeness (QED) is 0.663.